The van der Waals surface area contributed by atoms with Gasteiger partial charge in [0.25, 0.3) is 0 Å². The Morgan fingerprint density at radius 2 is 2.16 bits per heavy atom. The van der Waals surface area contributed by atoms with Crippen LogP contribution in [0.3, 0.4) is 0 Å². The lowest BCUT2D eigenvalue weighted by Gasteiger charge is -2.10. The molecule has 0 radical (unpaired) electrons. The Kier molecular flexibility index (Phi) is 5.79. The Balaban J connectivity index is 1.60. The highest BCUT2D eigenvalue weighted by molar-refractivity contribution is 7.11. The fraction of sp³-hybridized carbons (Fsp3) is 0.278. The summed E-state index contributed by atoms with van der Waals surface area (Å²) in [4.78, 5) is 15.7. The van der Waals surface area contributed by atoms with Crippen LogP contribution in [0, 0.1) is 6.92 Å². The van der Waals surface area contributed by atoms with Crippen LogP contribution in [-0.4, -0.2) is 27.0 Å². The summed E-state index contributed by atoms with van der Waals surface area (Å²) in [7, 11) is 0. The Hall–Kier alpha value is -2.67. The van der Waals surface area contributed by atoms with Crippen LogP contribution in [0.15, 0.2) is 54.2 Å². The molecule has 0 aliphatic carbocycles. The second-order valence-corrected chi connectivity index (χ2v) is 6.93. The van der Waals surface area contributed by atoms with E-state index in [1.165, 1.54) is 9.75 Å². The van der Waals surface area contributed by atoms with Gasteiger partial charge in [-0.05, 0) is 37.6 Å². The van der Waals surface area contributed by atoms with Gasteiger partial charge in [-0.1, -0.05) is 6.07 Å². The van der Waals surface area contributed by atoms with Crippen LogP contribution in [-0.2, 0) is 13.1 Å². The van der Waals surface area contributed by atoms with Crippen molar-refractivity contribution in [1.82, 2.24) is 25.2 Å². The van der Waals surface area contributed by atoms with Gasteiger partial charge < -0.3 is 10.6 Å². The van der Waals surface area contributed by atoms with Gasteiger partial charge in [-0.15, -0.1) is 11.3 Å². The minimum atomic E-state index is 0.579. The van der Waals surface area contributed by atoms with Crippen molar-refractivity contribution in [2.24, 2.45) is 4.99 Å². The molecular formula is C18H22N6S. The maximum atomic E-state index is 4.64. The van der Waals surface area contributed by atoms with Gasteiger partial charge in [0.2, 0.25) is 0 Å². The number of rotatable bonds is 6. The monoisotopic (exact) mass is 354 g/mol. The summed E-state index contributed by atoms with van der Waals surface area (Å²) < 4.78 is 1.88. The summed E-state index contributed by atoms with van der Waals surface area (Å²) in [6.45, 7) is 6.37. The van der Waals surface area contributed by atoms with Crippen molar-refractivity contribution < 1.29 is 0 Å². The van der Waals surface area contributed by atoms with Crippen molar-refractivity contribution in [2.75, 3.05) is 6.54 Å². The first-order chi connectivity index (χ1) is 12.2. The van der Waals surface area contributed by atoms with Gasteiger partial charge in [0.05, 0.1) is 13.1 Å². The predicted octanol–water partition coefficient (Wildman–Crippen LogP) is 2.89. The van der Waals surface area contributed by atoms with E-state index in [1.807, 2.05) is 29.1 Å². The highest BCUT2D eigenvalue weighted by atomic mass is 32.1. The number of aromatic nitrogens is 3. The van der Waals surface area contributed by atoms with E-state index in [0.717, 1.165) is 30.4 Å². The third-order valence-corrected chi connectivity index (χ3v) is 4.57. The molecule has 0 spiro atoms. The summed E-state index contributed by atoms with van der Waals surface area (Å²) >= 11 is 1.80. The zero-order valence-corrected chi connectivity index (χ0v) is 15.3. The quantitative estimate of drug-likeness (QED) is 0.528. The summed E-state index contributed by atoms with van der Waals surface area (Å²) in [6, 6.07) is 8.30. The molecule has 3 aromatic rings. The van der Waals surface area contributed by atoms with E-state index in [2.05, 4.69) is 51.6 Å². The molecule has 0 aromatic carbocycles. The molecule has 3 heterocycles. The number of nitrogens with one attached hydrogen (secondary N) is 2. The highest BCUT2D eigenvalue weighted by Crippen LogP contribution is 2.14. The predicted molar refractivity (Wildman–Crippen MR) is 102 cm³/mol. The number of imidazole rings is 1. The number of hydrogen-bond donors (Lipinski definition) is 2. The zero-order valence-electron chi connectivity index (χ0n) is 14.4. The SMILES string of the molecule is CCNC(=NCc1ccc(-n2ccnc2)nc1)NCc1ccc(C)s1. The largest absolute Gasteiger partial charge is 0.357 e. The third kappa shape index (κ3) is 4.90. The van der Waals surface area contributed by atoms with Gasteiger partial charge in [-0.3, -0.25) is 4.57 Å². The lowest BCUT2D eigenvalue weighted by Crippen LogP contribution is -2.36. The van der Waals surface area contributed by atoms with Crippen molar-refractivity contribution in [3.05, 3.63) is 64.5 Å². The number of thiophene rings is 1. The minimum Gasteiger partial charge on any atom is -0.357 e. The normalized spacial score (nSPS) is 11.5. The molecule has 2 N–H and O–H groups in total. The number of guanidine groups is 1. The van der Waals surface area contributed by atoms with Gasteiger partial charge in [0.15, 0.2) is 5.96 Å². The highest BCUT2D eigenvalue weighted by Gasteiger charge is 2.02. The molecule has 0 bridgehead atoms. The molecular weight excluding hydrogens is 332 g/mol. The van der Waals surface area contributed by atoms with Crippen LogP contribution >= 0.6 is 11.3 Å². The minimum absolute atomic E-state index is 0.579. The summed E-state index contributed by atoms with van der Waals surface area (Å²) in [5, 5.41) is 6.65. The lowest BCUT2D eigenvalue weighted by atomic mass is 10.3. The Morgan fingerprint density at radius 1 is 1.24 bits per heavy atom. The van der Waals surface area contributed by atoms with E-state index >= 15 is 0 Å². The van der Waals surface area contributed by atoms with E-state index in [1.54, 1.807) is 23.9 Å². The molecule has 3 aromatic heterocycles. The second kappa shape index (κ2) is 8.43. The average molecular weight is 354 g/mol. The molecule has 0 saturated heterocycles. The topological polar surface area (TPSA) is 67.1 Å². The molecule has 0 fully saturated rings. The Bertz CT molecular complexity index is 804. The van der Waals surface area contributed by atoms with Gasteiger partial charge in [-0.2, -0.15) is 0 Å². The first kappa shape index (κ1) is 17.2. The molecule has 0 unspecified atom stereocenters. The van der Waals surface area contributed by atoms with Crippen molar-refractivity contribution in [2.45, 2.75) is 26.9 Å². The van der Waals surface area contributed by atoms with Crippen LogP contribution in [0.2, 0.25) is 0 Å². The van der Waals surface area contributed by atoms with E-state index in [4.69, 9.17) is 0 Å². The van der Waals surface area contributed by atoms with Crippen LogP contribution in [0.4, 0.5) is 0 Å². The molecule has 25 heavy (non-hydrogen) atoms. The molecule has 0 aliphatic rings. The third-order valence-electron chi connectivity index (χ3n) is 3.57. The zero-order chi connectivity index (χ0) is 17.5. The Labute approximate surface area is 151 Å². The number of aliphatic imine (C=N–C) groups is 1. The van der Waals surface area contributed by atoms with E-state index in [9.17, 15) is 0 Å². The van der Waals surface area contributed by atoms with Gasteiger partial charge >= 0.3 is 0 Å². The van der Waals surface area contributed by atoms with Crippen LogP contribution < -0.4 is 10.6 Å². The van der Waals surface area contributed by atoms with E-state index in [0.29, 0.717) is 6.54 Å². The van der Waals surface area contributed by atoms with Crippen molar-refractivity contribution in [1.29, 1.82) is 0 Å². The number of aryl methyl sites for hydroxylation is 1. The summed E-state index contributed by atoms with van der Waals surface area (Å²) in [5.74, 6) is 1.66. The van der Waals surface area contributed by atoms with Gasteiger partial charge in [0, 0.05) is 34.9 Å². The van der Waals surface area contributed by atoms with Crippen LogP contribution in [0.5, 0.6) is 0 Å². The van der Waals surface area contributed by atoms with E-state index < -0.39 is 0 Å². The van der Waals surface area contributed by atoms with E-state index in [-0.39, 0.29) is 0 Å². The molecule has 6 nitrogen and oxygen atoms in total. The van der Waals surface area contributed by atoms with Gasteiger partial charge in [-0.25, -0.2) is 15.0 Å². The first-order valence-corrected chi connectivity index (χ1v) is 9.07. The molecule has 0 amide bonds. The molecule has 0 saturated carbocycles. The maximum absolute atomic E-state index is 4.64. The van der Waals surface area contributed by atoms with Crippen molar-refractivity contribution in [3.8, 4) is 5.82 Å². The fourth-order valence-electron chi connectivity index (χ4n) is 2.32. The second-order valence-electron chi connectivity index (χ2n) is 5.56. The number of pyridine rings is 1. The van der Waals surface area contributed by atoms with Crippen molar-refractivity contribution >= 4 is 17.3 Å². The van der Waals surface area contributed by atoms with Gasteiger partial charge in [0.1, 0.15) is 12.1 Å². The lowest BCUT2D eigenvalue weighted by molar-refractivity contribution is 0.822. The van der Waals surface area contributed by atoms with Crippen LogP contribution in [0.25, 0.3) is 5.82 Å². The molecule has 0 atom stereocenters. The number of nitrogens with zero attached hydrogens (tertiary/aromatic N) is 4. The van der Waals surface area contributed by atoms with Crippen LogP contribution in [0.1, 0.15) is 22.2 Å². The van der Waals surface area contributed by atoms with Crippen molar-refractivity contribution in [3.63, 3.8) is 0 Å². The first-order valence-electron chi connectivity index (χ1n) is 8.25. The fourth-order valence-corrected chi connectivity index (χ4v) is 3.15. The molecule has 7 heteroatoms. The smallest absolute Gasteiger partial charge is 0.191 e. The summed E-state index contributed by atoms with van der Waals surface area (Å²) in [5.41, 5.74) is 1.06. The molecule has 3 rings (SSSR count). The summed E-state index contributed by atoms with van der Waals surface area (Å²) in [6.07, 6.45) is 7.20. The standard InChI is InChI=1S/C18H22N6S/c1-3-20-18(23-12-16-6-4-14(2)25-16)22-11-15-5-7-17(21-10-15)24-9-8-19-13-24/h4-10,13H,3,11-12H2,1-2H3,(H2,20,22,23). The average Bonchev–Trinajstić information content (AvgIpc) is 3.30. The molecule has 0 aliphatic heterocycles. The number of hydrogen-bond acceptors (Lipinski definition) is 4. The molecule has 130 valence electrons. The maximum Gasteiger partial charge on any atom is 0.191 e. The Morgan fingerprint density at radius 3 is 2.80 bits per heavy atom.